The van der Waals surface area contributed by atoms with Crippen LogP contribution in [0.2, 0.25) is 10.2 Å². The number of hydrogen-bond acceptors (Lipinski definition) is 3. The maximum absolute atomic E-state index is 11.6. The Morgan fingerprint density at radius 1 is 1.50 bits per heavy atom. The number of anilines is 1. The van der Waals surface area contributed by atoms with Crippen LogP contribution in [0.4, 0.5) is 5.82 Å². The van der Waals surface area contributed by atoms with E-state index in [4.69, 9.17) is 23.2 Å². The Hall–Kier alpha value is -1.13. The van der Waals surface area contributed by atoms with E-state index in [1.54, 1.807) is 6.92 Å². The van der Waals surface area contributed by atoms with Crippen LogP contribution in [0, 0.1) is 0 Å². The van der Waals surface area contributed by atoms with Crippen molar-refractivity contribution in [1.29, 1.82) is 0 Å². The molecule has 0 fully saturated rings. The molecule has 0 bridgehead atoms. The van der Waals surface area contributed by atoms with Gasteiger partial charge in [-0.15, -0.1) is 0 Å². The molecular weight excluding hydrogens is 249 g/mol. The lowest BCUT2D eigenvalue weighted by Crippen LogP contribution is -2.14. The highest BCUT2D eigenvalue weighted by atomic mass is 35.5. The summed E-state index contributed by atoms with van der Waals surface area (Å²) in [5, 5.41) is 2.82. The predicted molar refractivity (Wildman–Crippen MR) is 64.7 cm³/mol. The highest BCUT2D eigenvalue weighted by molar-refractivity contribution is 6.43. The van der Waals surface area contributed by atoms with Crippen LogP contribution >= 0.6 is 23.2 Å². The van der Waals surface area contributed by atoms with Crippen molar-refractivity contribution in [3.63, 3.8) is 0 Å². The Morgan fingerprint density at radius 3 is 2.81 bits per heavy atom. The van der Waals surface area contributed by atoms with Crippen molar-refractivity contribution in [1.82, 2.24) is 9.97 Å². The van der Waals surface area contributed by atoms with Gasteiger partial charge in [0.1, 0.15) is 11.3 Å². The Labute approximate surface area is 104 Å². The van der Waals surface area contributed by atoms with Gasteiger partial charge in [-0.3, -0.25) is 4.79 Å². The van der Waals surface area contributed by atoms with E-state index < -0.39 is 0 Å². The van der Waals surface area contributed by atoms with Gasteiger partial charge in [-0.1, -0.05) is 36.2 Å². The van der Waals surface area contributed by atoms with Crippen LogP contribution in [0.3, 0.4) is 0 Å². The number of halogens is 2. The quantitative estimate of drug-likeness (QED) is 0.671. The van der Waals surface area contributed by atoms with Gasteiger partial charge in [0, 0.05) is 5.57 Å². The third-order valence-corrected chi connectivity index (χ3v) is 2.59. The van der Waals surface area contributed by atoms with Crippen molar-refractivity contribution in [3.8, 4) is 0 Å². The first-order chi connectivity index (χ1) is 7.56. The summed E-state index contributed by atoms with van der Waals surface area (Å²) in [6.07, 6.45) is 3.84. The lowest BCUT2D eigenvalue weighted by Gasteiger charge is -2.06. The fourth-order valence-corrected chi connectivity index (χ4v) is 1.32. The normalized spacial score (nSPS) is 11.4. The predicted octanol–water partition coefficient (Wildman–Crippen LogP) is 3.08. The molecule has 1 aromatic heterocycles. The molecule has 0 saturated carbocycles. The van der Waals surface area contributed by atoms with E-state index in [2.05, 4.69) is 15.3 Å². The van der Waals surface area contributed by atoms with E-state index in [1.165, 1.54) is 6.33 Å². The van der Waals surface area contributed by atoms with Gasteiger partial charge in [0.15, 0.2) is 11.0 Å². The lowest BCUT2D eigenvalue weighted by atomic mass is 10.2. The summed E-state index contributed by atoms with van der Waals surface area (Å²) >= 11 is 11.5. The summed E-state index contributed by atoms with van der Waals surface area (Å²) < 4.78 is 0. The molecular formula is C10H11Cl2N3O. The van der Waals surface area contributed by atoms with Gasteiger partial charge >= 0.3 is 0 Å². The van der Waals surface area contributed by atoms with Crippen molar-refractivity contribution in [2.75, 3.05) is 5.32 Å². The number of aromatic nitrogens is 2. The summed E-state index contributed by atoms with van der Waals surface area (Å²) in [4.78, 5) is 19.1. The largest absolute Gasteiger partial charge is 0.305 e. The molecule has 1 aromatic rings. The molecule has 0 atom stereocenters. The molecule has 0 radical (unpaired) electrons. The molecule has 1 heterocycles. The van der Waals surface area contributed by atoms with E-state index in [0.29, 0.717) is 5.57 Å². The van der Waals surface area contributed by atoms with E-state index in [9.17, 15) is 4.79 Å². The van der Waals surface area contributed by atoms with Gasteiger partial charge in [-0.25, -0.2) is 9.97 Å². The van der Waals surface area contributed by atoms with Crippen LogP contribution in [0.25, 0.3) is 0 Å². The minimum absolute atomic E-state index is 0.115. The van der Waals surface area contributed by atoms with Gasteiger partial charge in [-0.05, 0) is 13.3 Å². The first-order valence-electron chi connectivity index (χ1n) is 4.70. The zero-order chi connectivity index (χ0) is 12.1. The van der Waals surface area contributed by atoms with Crippen LogP contribution in [-0.2, 0) is 4.79 Å². The first kappa shape index (κ1) is 12.9. The second-order valence-corrected chi connectivity index (χ2v) is 3.81. The number of amides is 1. The Morgan fingerprint density at radius 2 is 2.19 bits per heavy atom. The van der Waals surface area contributed by atoms with Gasteiger partial charge in [0.25, 0.3) is 5.91 Å². The fourth-order valence-electron chi connectivity index (χ4n) is 1.04. The third-order valence-electron chi connectivity index (χ3n) is 1.85. The van der Waals surface area contributed by atoms with E-state index >= 15 is 0 Å². The Balaban J connectivity index is 2.85. The molecule has 6 heteroatoms. The van der Waals surface area contributed by atoms with Crippen LogP contribution in [0.15, 0.2) is 18.0 Å². The smallest absolute Gasteiger partial charge is 0.252 e. The van der Waals surface area contributed by atoms with Gasteiger partial charge < -0.3 is 5.32 Å². The fraction of sp³-hybridized carbons (Fsp3) is 0.300. The van der Waals surface area contributed by atoms with E-state index in [1.807, 2.05) is 13.0 Å². The average molecular weight is 260 g/mol. The number of carbonyl (C=O) groups is 1. The van der Waals surface area contributed by atoms with Crippen LogP contribution < -0.4 is 5.32 Å². The van der Waals surface area contributed by atoms with Crippen molar-refractivity contribution in [3.05, 3.63) is 28.2 Å². The molecule has 1 N–H and O–H groups in total. The number of hydrogen-bond donors (Lipinski definition) is 1. The maximum atomic E-state index is 11.6. The maximum Gasteiger partial charge on any atom is 0.252 e. The van der Waals surface area contributed by atoms with Crippen LogP contribution in [-0.4, -0.2) is 15.9 Å². The lowest BCUT2D eigenvalue weighted by molar-refractivity contribution is -0.112. The Kier molecular flexibility index (Phi) is 4.71. The van der Waals surface area contributed by atoms with Gasteiger partial charge in [0.05, 0.1) is 0 Å². The standard InChI is InChI=1S/C10H11Cl2N3O/c1-3-4-6(2)10(16)15-9-7(11)8(12)13-5-14-9/h4-5H,3H2,1-2H3,(H,13,14,15,16)/b6-4-. The second-order valence-electron chi connectivity index (χ2n) is 3.08. The highest BCUT2D eigenvalue weighted by Gasteiger charge is 2.11. The number of nitrogens with zero attached hydrogens (tertiary/aromatic N) is 2. The topological polar surface area (TPSA) is 54.9 Å². The SMILES string of the molecule is CC/C=C(/C)C(=O)Nc1ncnc(Cl)c1Cl. The summed E-state index contributed by atoms with van der Waals surface area (Å²) in [6, 6.07) is 0. The van der Waals surface area contributed by atoms with Gasteiger partial charge in [-0.2, -0.15) is 0 Å². The molecule has 0 aromatic carbocycles. The minimum Gasteiger partial charge on any atom is -0.305 e. The van der Waals surface area contributed by atoms with E-state index in [0.717, 1.165) is 6.42 Å². The molecule has 0 aliphatic rings. The summed E-state index contributed by atoms with van der Waals surface area (Å²) in [6.45, 7) is 3.67. The number of carbonyl (C=O) groups excluding carboxylic acids is 1. The molecule has 16 heavy (non-hydrogen) atoms. The molecule has 0 aliphatic carbocycles. The van der Waals surface area contributed by atoms with Crippen molar-refractivity contribution < 1.29 is 4.79 Å². The molecule has 0 aliphatic heterocycles. The zero-order valence-electron chi connectivity index (χ0n) is 8.92. The second kappa shape index (κ2) is 5.82. The molecule has 86 valence electrons. The molecule has 0 spiro atoms. The zero-order valence-corrected chi connectivity index (χ0v) is 10.4. The van der Waals surface area contributed by atoms with Crippen molar-refractivity contribution >= 4 is 34.9 Å². The first-order valence-corrected chi connectivity index (χ1v) is 5.46. The van der Waals surface area contributed by atoms with Crippen molar-refractivity contribution in [2.24, 2.45) is 0 Å². The summed E-state index contributed by atoms with van der Waals surface area (Å²) in [7, 11) is 0. The Bertz CT molecular complexity index is 432. The molecule has 0 unspecified atom stereocenters. The minimum atomic E-state index is -0.251. The number of rotatable bonds is 3. The molecule has 4 nitrogen and oxygen atoms in total. The van der Waals surface area contributed by atoms with Crippen LogP contribution in [0.5, 0.6) is 0 Å². The summed E-state index contributed by atoms with van der Waals surface area (Å²) in [5.41, 5.74) is 0.605. The highest BCUT2D eigenvalue weighted by Crippen LogP contribution is 2.25. The number of nitrogens with one attached hydrogen (secondary N) is 1. The monoisotopic (exact) mass is 259 g/mol. The molecule has 0 saturated heterocycles. The van der Waals surface area contributed by atoms with Crippen molar-refractivity contribution in [2.45, 2.75) is 20.3 Å². The average Bonchev–Trinajstić information content (AvgIpc) is 2.25. The van der Waals surface area contributed by atoms with Gasteiger partial charge in [0.2, 0.25) is 0 Å². The number of allylic oxidation sites excluding steroid dienone is 1. The third kappa shape index (κ3) is 3.18. The molecule has 1 rings (SSSR count). The summed E-state index contributed by atoms with van der Waals surface area (Å²) in [5.74, 6) is -0.0333. The molecule has 1 amide bonds. The van der Waals surface area contributed by atoms with E-state index in [-0.39, 0.29) is 21.9 Å². The van der Waals surface area contributed by atoms with Crippen LogP contribution in [0.1, 0.15) is 20.3 Å².